The average molecular weight is 235 g/mol. The van der Waals surface area contributed by atoms with Gasteiger partial charge in [-0.25, -0.2) is 0 Å². The van der Waals surface area contributed by atoms with Crippen molar-refractivity contribution in [3.8, 4) is 11.1 Å². The molecule has 0 fully saturated rings. The van der Waals surface area contributed by atoms with Crippen LogP contribution in [-0.4, -0.2) is 4.75 Å². The standard InChI is InChI=1S/C6H2Cl2.C4H10S/c7-5-2-3-1-4(3)6(5)8;1-4(2,3)5/h1-2H;5H,1-3H3. The molecule has 0 N–H and O–H groups in total. The molecule has 2 rings (SSSR count). The molecule has 0 atom stereocenters. The van der Waals surface area contributed by atoms with E-state index in [0.29, 0.717) is 10.0 Å². The maximum absolute atomic E-state index is 5.68. The van der Waals surface area contributed by atoms with Gasteiger partial charge in [-0.3, -0.25) is 0 Å². The predicted molar refractivity (Wildman–Crippen MR) is 64.2 cm³/mol. The highest BCUT2D eigenvalue weighted by Gasteiger charge is 2.19. The molecule has 0 saturated carbocycles. The summed E-state index contributed by atoms with van der Waals surface area (Å²) in [4.78, 5) is 0. The zero-order chi connectivity index (χ0) is 10.2. The summed E-state index contributed by atoms with van der Waals surface area (Å²) in [6.45, 7) is 6.16. The third kappa shape index (κ3) is 3.80. The maximum atomic E-state index is 5.68. The van der Waals surface area contributed by atoms with Gasteiger partial charge in [0.05, 0.1) is 10.0 Å². The van der Waals surface area contributed by atoms with Crippen molar-refractivity contribution in [2.45, 2.75) is 25.5 Å². The normalized spacial score (nSPS) is 11.8. The summed E-state index contributed by atoms with van der Waals surface area (Å²) >= 11 is 15.4. The van der Waals surface area contributed by atoms with Crippen LogP contribution >= 0.6 is 35.8 Å². The smallest absolute Gasteiger partial charge is 0.0671 e. The minimum Gasteiger partial charge on any atom is -0.173 e. The van der Waals surface area contributed by atoms with Gasteiger partial charge in [-0.2, -0.15) is 12.6 Å². The Morgan fingerprint density at radius 2 is 1.62 bits per heavy atom. The first-order chi connectivity index (χ1) is 5.79. The molecule has 0 aromatic rings. The lowest BCUT2D eigenvalue weighted by Gasteiger charge is -2.04. The quantitative estimate of drug-likeness (QED) is 0.629. The Kier molecular flexibility index (Phi) is 3.21. The molecule has 0 aromatic heterocycles. The predicted octanol–water partition coefficient (Wildman–Crippen LogP) is 4.69. The Labute approximate surface area is 94.7 Å². The van der Waals surface area contributed by atoms with Gasteiger partial charge < -0.3 is 0 Å². The van der Waals surface area contributed by atoms with Crippen molar-refractivity contribution in [2.24, 2.45) is 0 Å². The largest absolute Gasteiger partial charge is 0.173 e. The van der Waals surface area contributed by atoms with Gasteiger partial charge >= 0.3 is 0 Å². The van der Waals surface area contributed by atoms with Gasteiger partial charge in [0, 0.05) is 10.3 Å². The van der Waals surface area contributed by atoms with Crippen LogP contribution in [0.2, 0.25) is 10.0 Å². The van der Waals surface area contributed by atoms with E-state index in [1.54, 1.807) is 0 Å². The number of fused-ring (bicyclic) bond motifs is 1. The van der Waals surface area contributed by atoms with Crippen molar-refractivity contribution in [3.05, 3.63) is 22.2 Å². The van der Waals surface area contributed by atoms with E-state index >= 15 is 0 Å². The second-order valence-electron chi connectivity index (χ2n) is 3.99. The van der Waals surface area contributed by atoms with E-state index in [2.05, 4.69) is 33.4 Å². The maximum Gasteiger partial charge on any atom is 0.0671 e. The number of hydrogen-bond acceptors (Lipinski definition) is 1. The molecule has 0 bridgehead atoms. The minimum atomic E-state index is 0.194. The number of halogens is 2. The van der Waals surface area contributed by atoms with Crippen LogP contribution in [0.3, 0.4) is 0 Å². The second kappa shape index (κ2) is 3.72. The summed E-state index contributed by atoms with van der Waals surface area (Å²) < 4.78 is 0.194. The fraction of sp³-hybridized carbons (Fsp3) is 0.400. The molecule has 0 nitrogen and oxygen atoms in total. The third-order valence-electron chi connectivity index (χ3n) is 1.26. The van der Waals surface area contributed by atoms with Crippen LogP contribution in [0.25, 0.3) is 11.1 Å². The third-order valence-corrected chi connectivity index (χ3v) is 2.06. The van der Waals surface area contributed by atoms with Gasteiger partial charge in [0.25, 0.3) is 0 Å². The highest BCUT2D eigenvalue weighted by Crippen LogP contribution is 2.46. The van der Waals surface area contributed by atoms with E-state index in [9.17, 15) is 0 Å². The molecule has 0 aromatic carbocycles. The summed E-state index contributed by atoms with van der Waals surface area (Å²) in [6, 6.07) is 3.88. The van der Waals surface area contributed by atoms with Crippen LogP contribution in [0.4, 0.5) is 0 Å². The Morgan fingerprint density at radius 3 is 1.77 bits per heavy atom. The highest BCUT2D eigenvalue weighted by atomic mass is 35.5. The molecule has 0 unspecified atom stereocenters. The van der Waals surface area contributed by atoms with Crippen LogP contribution in [-0.2, 0) is 0 Å². The number of hydrogen-bond donors (Lipinski definition) is 1. The molecule has 0 heterocycles. The van der Waals surface area contributed by atoms with Gasteiger partial charge in [0.1, 0.15) is 0 Å². The van der Waals surface area contributed by atoms with Crippen molar-refractivity contribution >= 4 is 35.8 Å². The van der Waals surface area contributed by atoms with E-state index in [4.69, 9.17) is 23.2 Å². The molecule has 2 aliphatic rings. The lowest BCUT2D eigenvalue weighted by atomic mass is 10.3. The highest BCUT2D eigenvalue weighted by molar-refractivity contribution is 7.81. The van der Waals surface area contributed by atoms with Crippen molar-refractivity contribution in [1.29, 1.82) is 0 Å². The molecule has 3 heteroatoms. The van der Waals surface area contributed by atoms with E-state index in [1.165, 1.54) is 5.56 Å². The van der Waals surface area contributed by atoms with Gasteiger partial charge in [0.2, 0.25) is 0 Å². The van der Waals surface area contributed by atoms with Gasteiger partial charge in [-0.1, -0.05) is 44.0 Å². The van der Waals surface area contributed by atoms with Gasteiger partial charge in [0.15, 0.2) is 0 Å². The number of thiol groups is 1. The van der Waals surface area contributed by atoms with Crippen molar-refractivity contribution in [2.75, 3.05) is 0 Å². The Hall–Kier alpha value is 0.150. The molecule has 0 aliphatic heterocycles. The number of rotatable bonds is 0. The van der Waals surface area contributed by atoms with E-state index in [0.717, 1.165) is 5.56 Å². The molecule has 72 valence electrons. The van der Waals surface area contributed by atoms with Crippen molar-refractivity contribution in [1.82, 2.24) is 0 Å². The first-order valence-corrected chi connectivity index (χ1v) is 5.21. The Balaban J connectivity index is 0.000000149. The lowest BCUT2D eigenvalue weighted by Crippen LogP contribution is -1.99. The van der Waals surface area contributed by atoms with Crippen LogP contribution in [0.1, 0.15) is 20.8 Å². The zero-order valence-electron chi connectivity index (χ0n) is 7.86. The van der Waals surface area contributed by atoms with Crippen LogP contribution in [0.5, 0.6) is 0 Å². The molecule has 0 radical (unpaired) electrons. The van der Waals surface area contributed by atoms with Crippen molar-refractivity contribution < 1.29 is 0 Å². The molecule has 2 aliphatic carbocycles. The van der Waals surface area contributed by atoms with Gasteiger partial charge in [-0.15, -0.1) is 0 Å². The fourth-order valence-corrected chi connectivity index (χ4v) is 1.20. The van der Waals surface area contributed by atoms with E-state index < -0.39 is 0 Å². The molecule has 13 heavy (non-hydrogen) atoms. The Morgan fingerprint density at radius 1 is 1.15 bits per heavy atom. The van der Waals surface area contributed by atoms with E-state index in [-0.39, 0.29) is 4.75 Å². The zero-order valence-corrected chi connectivity index (χ0v) is 10.3. The monoisotopic (exact) mass is 234 g/mol. The van der Waals surface area contributed by atoms with Gasteiger partial charge in [-0.05, 0) is 17.7 Å². The molecule has 0 saturated heterocycles. The Bertz CT molecular complexity index is 320. The second-order valence-corrected chi connectivity index (χ2v) is 6.12. The first-order valence-electron chi connectivity index (χ1n) is 4.01. The van der Waals surface area contributed by atoms with Crippen molar-refractivity contribution in [3.63, 3.8) is 0 Å². The fourth-order valence-electron chi connectivity index (χ4n) is 0.757. The van der Waals surface area contributed by atoms with Crippen LogP contribution < -0.4 is 0 Å². The summed E-state index contributed by atoms with van der Waals surface area (Å²) in [5.41, 5.74) is 2.32. The SMILES string of the molecule is CC(C)(C)S.Clc1cc2cc-2c1Cl. The van der Waals surface area contributed by atoms with Crippen LogP contribution in [0, 0.1) is 0 Å². The minimum absolute atomic E-state index is 0.194. The first kappa shape index (κ1) is 11.2. The molecular formula is C10H12Cl2S. The number of benzene rings is 1. The summed E-state index contributed by atoms with van der Waals surface area (Å²) in [5, 5.41) is 1.39. The van der Waals surface area contributed by atoms with Crippen LogP contribution in [0.15, 0.2) is 12.1 Å². The average Bonchev–Trinajstić information content (AvgIpc) is 2.56. The molecule has 0 amide bonds. The summed E-state index contributed by atoms with van der Waals surface area (Å²) in [6.07, 6.45) is 0. The summed E-state index contributed by atoms with van der Waals surface area (Å²) in [7, 11) is 0. The lowest BCUT2D eigenvalue weighted by molar-refractivity contribution is 0.812. The summed E-state index contributed by atoms with van der Waals surface area (Å²) in [5.74, 6) is 0. The molecular weight excluding hydrogens is 223 g/mol. The van der Waals surface area contributed by atoms with E-state index in [1.807, 2.05) is 12.1 Å². The molecule has 0 spiro atoms. The topological polar surface area (TPSA) is 0 Å².